The Morgan fingerprint density at radius 1 is 1.26 bits per heavy atom. The van der Waals surface area contributed by atoms with Crippen LogP contribution >= 0.6 is 11.5 Å². The number of ether oxygens (including phenoxy) is 1. The molecule has 2 heterocycles. The average Bonchev–Trinajstić information content (AvgIpc) is 3.14. The lowest BCUT2D eigenvalue weighted by Crippen LogP contribution is -2.23. The largest absolute Gasteiger partial charge is 0.444 e. The Morgan fingerprint density at radius 2 is 2.00 bits per heavy atom. The highest BCUT2D eigenvalue weighted by Gasteiger charge is 2.32. The van der Waals surface area contributed by atoms with Crippen molar-refractivity contribution < 1.29 is 9.53 Å². The molecule has 1 aliphatic heterocycles. The van der Waals surface area contributed by atoms with E-state index in [9.17, 15) is 4.79 Å². The lowest BCUT2D eigenvalue weighted by molar-refractivity contribution is 0.137. The number of aryl methyl sites for hydroxylation is 1. The minimum atomic E-state index is -0.262. The molecule has 5 heteroatoms. The molecule has 1 aromatic carbocycles. The second-order valence-electron chi connectivity index (χ2n) is 6.95. The van der Waals surface area contributed by atoms with E-state index in [2.05, 4.69) is 49.4 Å². The topological polar surface area (TPSA) is 42.4 Å². The number of nitrogens with zero attached hydrogens (tertiary/aromatic N) is 2. The van der Waals surface area contributed by atoms with Gasteiger partial charge < -0.3 is 4.74 Å². The molecule has 4 nitrogen and oxygen atoms in total. The van der Waals surface area contributed by atoms with Gasteiger partial charge in [0.25, 0.3) is 0 Å². The summed E-state index contributed by atoms with van der Waals surface area (Å²) in [5.41, 5.74) is 2.80. The maximum atomic E-state index is 11.9. The van der Waals surface area contributed by atoms with Crippen LogP contribution in [-0.4, -0.2) is 23.1 Å². The fourth-order valence-electron chi connectivity index (χ4n) is 2.70. The maximum absolute atomic E-state index is 11.9. The minimum absolute atomic E-state index is 0.0492. The number of hydrogen-bond donors (Lipinski definition) is 0. The molecule has 1 aromatic heterocycles. The summed E-state index contributed by atoms with van der Waals surface area (Å²) in [6.45, 7) is 7.26. The van der Waals surface area contributed by atoms with E-state index in [0.29, 0.717) is 6.54 Å². The molecule has 0 bridgehead atoms. The number of benzene rings is 1. The van der Waals surface area contributed by atoms with Crippen LogP contribution in [0.25, 0.3) is 0 Å². The predicted octanol–water partition coefficient (Wildman–Crippen LogP) is 4.40. The summed E-state index contributed by atoms with van der Waals surface area (Å²) in [5, 5.41) is 0.854. The molecule has 0 saturated carbocycles. The molecule has 1 aliphatic rings. The van der Waals surface area contributed by atoms with Crippen molar-refractivity contribution in [3.05, 3.63) is 47.7 Å². The lowest BCUT2D eigenvalue weighted by Gasteiger charge is -2.19. The number of rotatable bonds is 4. The SMILES string of the molecule is CC(C)(C)c1ccc(CC[C@@H]2CN(c3ccns3)C(=O)O2)cc1. The van der Waals surface area contributed by atoms with Gasteiger partial charge in [0.05, 0.1) is 6.54 Å². The number of amides is 1. The van der Waals surface area contributed by atoms with Gasteiger partial charge in [0.2, 0.25) is 0 Å². The van der Waals surface area contributed by atoms with Gasteiger partial charge in [0.1, 0.15) is 11.1 Å². The highest BCUT2D eigenvalue weighted by atomic mass is 32.1. The van der Waals surface area contributed by atoms with Crippen LogP contribution in [-0.2, 0) is 16.6 Å². The highest BCUT2D eigenvalue weighted by molar-refractivity contribution is 7.10. The van der Waals surface area contributed by atoms with E-state index in [-0.39, 0.29) is 17.6 Å². The monoisotopic (exact) mass is 330 g/mol. The molecule has 2 aromatic rings. The summed E-state index contributed by atoms with van der Waals surface area (Å²) < 4.78 is 9.50. The smallest absolute Gasteiger partial charge is 0.415 e. The molecular formula is C18H22N2O2S. The maximum Gasteiger partial charge on any atom is 0.415 e. The van der Waals surface area contributed by atoms with Crippen LogP contribution in [0.4, 0.5) is 9.80 Å². The van der Waals surface area contributed by atoms with Gasteiger partial charge in [0.15, 0.2) is 0 Å². The third-order valence-electron chi connectivity index (χ3n) is 4.14. The number of hydrogen-bond acceptors (Lipinski definition) is 4. The zero-order chi connectivity index (χ0) is 16.4. The van der Waals surface area contributed by atoms with Gasteiger partial charge in [0, 0.05) is 6.20 Å². The van der Waals surface area contributed by atoms with Crippen LogP contribution in [0, 0.1) is 0 Å². The first-order valence-corrected chi connectivity index (χ1v) is 8.69. The molecule has 3 rings (SSSR count). The van der Waals surface area contributed by atoms with Crippen molar-refractivity contribution in [2.45, 2.75) is 45.1 Å². The van der Waals surface area contributed by atoms with Gasteiger partial charge in [-0.1, -0.05) is 45.0 Å². The van der Waals surface area contributed by atoms with E-state index in [4.69, 9.17) is 4.74 Å². The fraction of sp³-hybridized carbons (Fsp3) is 0.444. The van der Waals surface area contributed by atoms with E-state index in [1.165, 1.54) is 22.7 Å². The lowest BCUT2D eigenvalue weighted by atomic mass is 9.86. The first-order chi connectivity index (χ1) is 10.9. The molecular weight excluding hydrogens is 308 g/mol. The van der Waals surface area contributed by atoms with Crippen molar-refractivity contribution in [2.24, 2.45) is 0 Å². The quantitative estimate of drug-likeness (QED) is 0.834. The number of anilines is 1. The third kappa shape index (κ3) is 3.72. The molecule has 0 radical (unpaired) electrons. The molecule has 0 spiro atoms. The number of carbonyl (C=O) groups is 1. The first kappa shape index (κ1) is 16.0. The van der Waals surface area contributed by atoms with Crippen molar-refractivity contribution in [3.8, 4) is 0 Å². The number of aromatic nitrogens is 1. The van der Waals surface area contributed by atoms with Crippen molar-refractivity contribution >= 4 is 22.6 Å². The molecule has 0 N–H and O–H groups in total. The molecule has 1 saturated heterocycles. The third-order valence-corrected chi connectivity index (χ3v) is 4.91. The zero-order valence-electron chi connectivity index (χ0n) is 13.8. The Hall–Kier alpha value is -1.88. The zero-order valence-corrected chi connectivity index (χ0v) is 14.6. The molecule has 0 aliphatic carbocycles. The Balaban J connectivity index is 1.56. The molecule has 23 heavy (non-hydrogen) atoms. The van der Waals surface area contributed by atoms with Crippen LogP contribution in [0.15, 0.2) is 36.5 Å². The Morgan fingerprint density at radius 3 is 2.61 bits per heavy atom. The normalized spacial score (nSPS) is 18.3. The van der Waals surface area contributed by atoms with Crippen LogP contribution in [0.2, 0.25) is 0 Å². The van der Waals surface area contributed by atoms with Gasteiger partial charge in [-0.15, -0.1) is 0 Å². The van der Waals surface area contributed by atoms with Gasteiger partial charge in [-0.25, -0.2) is 4.79 Å². The van der Waals surface area contributed by atoms with E-state index in [1.54, 1.807) is 11.1 Å². The molecule has 1 fully saturated rings. The average molecular weight is 330 g/mol. The van der Waals surface area contributed by atoms with Crippen molar-refractivity contribution in [3.63, 3.8) is 0 Å². The van der Waals surface area contributed by atoms with E-state index >= 15 is 0 Å². The minimum Gasteiger partial charge on any atom is -0.444 e. The van der Waals surface area contributed by atoms with Gasteiger partial charge in [-0.05, 0) is 47.0 Å². The predicted molar refractivity (Wildman–Crippen MR) is 93.2 cm³/mol. The van der Waals surface area contributed by atoms with Gasteiger partial charge in [-0.2, -0.15) is 4.37 Å². The van der Waals surface area contributed by atoms with Gasteiger partial charge >= 0.3 is 6.09 Å². The Kier molecular flexibility index (Phi) is 4.39. The summed E-state index contributed by atoms with van der Waals surface area (Å²) >= 11 is 1.32. The summed E-state index contributed by atoms with van der Waals surface area (Å²) in [4.78, 5) is 13.6. The van der Waals surface area contributed by atoms with Crippen molar-refractivity contribution in [1.29, 1.82) is 0 Å². The molecule has 1 amide bonds. The molecule has 122 valence electrons. The van der Waals surface area contributed by atoms with Crippen LogP contribution in [0.5, 0.6) is 0 Å². The van der Waals surface area contributed by atoms with E-state index in [1.807, 2.05) is 6.07 Å². The van der Waals surface area contributed by atoms with E-state index in [0.717, 1.165) is 17.8 Å². The van der Waals surface area contributed by atoms with E-state index < -0.39 is 0 Å². The van der Waals surface area contributed by atoms with Crippen molar-refractivity contribution in [2.75, 3.05) is 11.4 Å². The standard InChI is InChI=1S/C18H22N2O2S/c1-18(2,3)14-7-4-13(5-8-14)6-9-15-12-20(17(21)22-15)16-10-11-19-23-16/h4-5,7-8,10-11,15H,6,9,12H2,1-3H3/t15-/m1/s1. The summed E-state index contributed by atoms with van der Waals surface area (Å²) in [6.07, 6.45) is 3.15. The Labute approximate surface area is 141 Å². The molecule has 0 unspecified atom stereocenters. The second-order valence-corrected chi connectivity index (χ2v) is 7.76. The summed E-state index contributed by atoms with van der Waals surface area (Å²) in [5.74, 6) is 0. The summed E-state index contributed by atoms with van der Waals surface area (Å²) in [7, 11) is 0. The second kappa shape index (κ2) is 6.32. The van der Waals surface area contributed by atoms with Gasteiger partial charge in [-0.3, -0.25) is 4.90 Å². The van der Waals surface area contributed by atoms with Crippen molar-refractivity contribution in [1.82, 2.24) is 4.37 Å². The van der Waals surface area contributed by atoms with Crippen LogP contribution < -0.4 is 4.90 Å². The molecule has 1 atom stereocenters. The highest BCUT2D eigenvalue weighted by Crippen LogP contribution is 2.27. The van der Waals surface area contributed by atoms with Crippen LogP contribution in [0.3, 0.4) is 0 Å². The van der Waals surface area contributed by atoms with Crippen LogP contribution in [0.1, 0.15) is 38.3 Å². The first-order valence-electron chi connectivity index (χ1n) is 7.92. The number of cyclic esters (lactones) is 1. The fourth-order valence-corrected chi connectivity index (χ4v) is 3.30. The summed E-state index contributed by atoms with van der Waals surface area (Å²) in [6, 6.07) is 10.6. The Bertz CT molecular complexity index is 659. The number of carbonyl (C=O) groups excluding carboxylic acids is 1.